The molecule has 0 aromatic carbocycles. The van der Waals surface area contributed by atoms with Crippen LogP contribution in [0.4, 0.5) is 0 Å². The molecule has 0 unspecified atom stereocenters. The van der Waals surface area contributed by atoms with Gasteiger partial charge in [-0.2, -0.15) is 0 Å². The van der Waals surface area contributed by atoms with Crippen LogP contribution in [0.15, 0.2) is 0 Å². The van der Waals surface area contributed by atoms with Gasteiger partial charge in [0.2, 0.25) is 0 Å². The lowest BCUT2D eigenvalue weighted by molar-refractivity contribution is -0.142. The molecule has 0 fully saturated rings. The summed E-state index contributed by atoms with van der Waals surface area (Å²) in [6.07, 6.45) is 0.800. The molecule has 0 N–H and O–H groups in total. The molecule has 4 heteroatoms. The van der Waals surface area contributed by atoms with Crippen molar-refractivity contribution < 1.29 is 14.1 Å². The second kappa shape index (κ2) is 5.36. The van der Waals surface area contributed by atoms with Gasteiger partial charge in [-0.1, -0.05) is 6.92 Å². The fourth-order valence-electron chi connectivity index (χ4n) is 0.366. The highest BCUT2D eigenvalue weighted by Gasteiger charge is 2.12. The third-order valence-corrected chi connectivity index (χ3v) is 1.47. The number of ether oxygens (including phenoxy) is 1. The third kappa shape index (κ3) is 3.57. The van der Waals surface area contributed by atoms with E-state index in [2.05, 4.69) is 0 Å². The Kier molecular flexibility index (Phi) is 5.13. The van der Waals surface area contributed by atoms with Gasteiger partial charge in [0, 0.05) is 0 Å². The maximum atomic E-state index is 10.7. The van der Waals surface area contributed by atoms with E-state index in [1.165, 1.54) is 0 Å². The molecular formula is C6H11O3P. The number of esters is 1. The predicted molar refractivity (Wildman–Crippen MR) is 38.3 cm³/mol. The zero-order valence-electron chi connectivity index (χ0n) is 6.16. The first kappa shape index (κ1) is 9.57. The van der Waals surface area contributed by atoms with E-state index in [9.17, 15) is 9.36 Å². The summed E-state index contributed by atoms with van der Waals surface area (Å²) < 4.78 is 14.8. The molecule has 10 heavy (non-hydrogen) atoms. The summed E-state index contributed by atoms with van der Waals surface area (Å²) in [6, 6.07) is 0. The Morgan fingerprint density at radius 3 is 2.70 bits per heavy atom. The maximum Gasteiger partial charge on any atom is 0.320 e. The zero-order chi connectivity index (χ0) is 7.98. The molecule has 0 saturated heterocycles. The average Bonchev–Trinajstić information content (AvgIpc) is 1.98. The smallest absolute Gasteiger partial charge is 0.320 e. The first-order chi connectivity index (χ1) is 4.72. The Hall–Kier alpha value is -0.430. The molecule has 0 bridgehead atoms. The highest BCUT2D eigenvalue weighted by Crippen LogP contribution is 2.06. The van der Waals surface area contributed by atoms with Crippen molar-refractivity contribution in [3.8, 4) is 0 Å². The SMILES string of the molecule is CCCOC(=O)[C@H](C)P=O. The lowest BCUT2D eigenvalue weighted by Crippen LogP contribution is -2.14. The van der Waals surface area contributed by atoms with Crippen LogP contribution >= 0.6 is 8.46 Å². The van der Waals surface area contributed by atoms with Gasteiger partial charge in [0.25, 0.3) is 0 Å². The molecule has 3 nitrogen and oxygen atoms in total. The number of carbonyl (C=O) groups is 1. The molecule has 0 heterocycles. The van der Waals surface area contributed by atoms with Crippen LogP contribution in [0.1, 0.15) is 20.3 Å². The van der Waals surface area contributed by atoms with Crippen LogP contribution in [0.25, 0.3) is 0 Å². The summed E-state index contributed by atoms with van der Waals surface area (Å²) in [7, 11) is -0.171. The quantitative estimate of drug-likeness (QED) is 0.466. The van der Waals surface area contributed by atoms with Gasteiger partial charge >= 0.3 is 5.97 Å². The summed E-state index contributed by atoms with van der Waals surface area (Å²) in [5.74, 6) is -0.390. The minimum atomic E-state index is -0.522. The van der Waals surface area contributed by atoms with Crippen LogP contribution in [0, 0.1) is 0 Å². The van der Waals surface area contributed by atoms with Crippen LogP contribution in [0.3, 0.4) is 0 Å². The van der Waals surface area contributed by atoms with E-state index >= 15 is 0 Å². The first-order valence-corrected chi connectivity index (χ1v) is 4.09. The molecule has 0 aliphatic carbocycles. The maximum absolute atomic E-state index is 10.7. The monoisotopic (exact) mass is 162 g/mol. The summed E-state index contributed by atoms with van der Waals surface area (Å²) in [4.78, 5) is 10.7. The molecule has 58 valence electrons. The van der Waals surface area contributed by atoms with Crippen molar-refractivity contribution in [1.29, 1.82) is 0 Å². The van der Waals surface area contributed by atoms with E-state index in [0.717, 1.165) is 6.42 Å². The molecule has 0 amide bonds. The molecule has 0 aliphatic rings. The van der Waals surface area contributed by atoms with Crippen molar-refractivity contribution in [2.24, 2.45) is 0 Å². The molecule has 0 saturated carbocycles. The molecule has 0 aliphatic heterocycles. The third-order valence-electron chi connectivity index (χ3n) is 0.948. The van der Waals surface area contributed by atoms with E-state index in [1.807, 2.05) is 6.92 Å². The van der Waals surface area contributed by atoms with Crippen molar-refractivity contribution in [1.82, 2.24) is 0 Å². The predicted octanol–water partition coefficient (Wildman–Crippen LogP) is 1.62. The number of hydrogen-bond acceptors (Lipinski definition) is 3. The Morgan fingerprint density at radius 2 is 2.30 bits per heavy atom. The van der Waals surface area contributed by atoms with Gasteiger partial charge in [0.05, 0.1) is 6.61 Å². The van der Waals surface area contributed by atoms with Crippen LogP contribution < -0.4 is 0 Å². The van der Waals surface area contributed by atoms with E-state index in [4.69, 9.17) is 4.74 Å². The topological polar surface area (TPSA) is 43.4 Å². The Labute approximate surface area is 62.0 Å². The Morgan fingerprint density at radius 1 is 1.70 bits per heavy atom. The van der Waals surface area contributed by atoms with Gasteiger partial charge in [-0.15, -0.1) is 0 Å². The largest absolute Gasteiger partial charge is 0.465 e. The highest BCUT2D eigenvalue weighted by molar-refractivity contribution is 7.26. The second-order valence-corrected chi connectivity index (χ2v) is 2.93. The Balaban J connectivity index is 3.51. The summed E-state index contributed by atoms with van der Waals surface area (Å²) in [6.45, 7) is 3.89. The molecule has 0 radical (unpaired) electrons. The summed E-state index contributed by atoms with van der Waals surface area (Å²) >= 11 is 0. The fourth-order valence-corrected chi connectivity index (χ4v) is 0.527. The lowest BCUT2D eigenvalue weighted by Gasteiger charge is -2.02. The number of carbonyl (C=O) groups excluding carboxylic acids is 1. The minimum absolute atomic E-state index is 0.171. The lowest BCUT2D eigenvalue weighted by atomic mass is 10.5. The molecule has 0 rings (SSSR count). The fraction of sp³-hybridized carbons (Fsp3) is 0.833. The van der Waals surface area contributed by atoms with Crippen LogP contribution in [0.5, 0.6) is 0 Å². The van der Waals surface area contributed by atoms with E-state index in [-0.39, 0.29) is 8.46 Å². The van der Waals surface area contributed by atoms with Gasteiger partial charge in [-0.05, 0) is 13.3 Å². The zero-order valence-corrected chi connectivity index (χ0v) is 7.06. The normalized spacial score (nSPS) is 13.0. The standard InChI is InChI=1S/C6H11O3P/c1-3-4-9-6(7)5(2)10-8/h5H,3-4H2,1-2H3/t5-/m0/s1. The van der Waals surface area contributed by atoms with Crippen molar-refractivity contribution in [2.45, 2.75) is 25.9 Å². The van der Waals surface area contributed by atoms with E-state index in [0.29, 0.717) is 6.61 Å². The molecule has 1 atom stereocenters. The van der Waals surface area contributed by atoms with Crippen molar-refractivity contribution in [3.63, 3.8) is 0 Å². The van der Waals surface area contributed by atoms with Gasteiger partial charge in [0.1, 0.15) is 5.66 Å². The molecule has 0 aromatic rings. The minimum Gasteiger partial charge on any atom is -0.465 e. The molecular weight excluding hydrogens is 151 g/mol. The van der Waals surface area contributed by atoms with Crippen LogP contribution in [-0.4, -0.2) is 18.2 Å². The summed E-state index contributed by atoms with van der Waals surface area (Å²) in [5, 5.41) is 0. The van der Waals surface area contributed by atoms with Gasteiger partial charge in [-0.25, -0.2) is 0 Å². The van der Waals surface area contributed by atoms with Crippen molar-refractivity contribution >= 4 is 14.4 Å². The molecule has 0 spiro atoms. The van der Waals surface area contributed by atoms with Gasteiger partial charge in [0.15, 0.2) is 8.46 Å². The Bertz CT molecular complexity index is 124. The van der Waals surface area contributed by atoms with E-state index < -0.39 is 11.6 Å². The highest BCUT2D eigenvalue weighted by atomic mass is 31.1. The number of rotatable bonds is 4. The van der Waals surface area contributed by atoms with Gasteiger partial charge < -0.3 is 4.74 Å². The molecule has 0 aromatic heterocycles. The van der Waals surface area contributed by atoms with Crippen LogP contribution in [0.2, 0.25) is 0 Å². The van der Waals surface area contributed by atoms with E-state index in [1.54, 1.807) is 6.92 Å². The van der Waals surface area contributed by atoms with Crippen molar-refractivity contribution in [2.75, 3.05) is 6.61 Å². The summed E-state index contributed by atoms with van der Waals surface area (Å²) in [5.41, 5.74) is -0.522. The number of hydrogen-bond donors (Lipinski definition) is 0. The average molecular weight is 162 g/mol. The van der Waals surface area contributed by atoms with Crippen molar-refractivity contribution in [3.05, 3.63) is 0 Å². The van der Waals surface area contributed by atoms with Gasteiger partial charge in [-0.3, -0.25) is 9.36 Å². The van der Waals surface area contributed by atoms with Crippen LogP contribution in [-0.2, 0) is 14.1 Å². The first-order valence-electron chi connectivity index (χ1n) is 3.21. The second-order valence-electron chi connectivity index (χ2n) is 1.95.